The maximum Gasteiger partial charge on any atom is 0.257 e. The van der Waals surface area contributed by atoms with Crippen molar-refractivity contribution in [3.05, 3.63) is 64.7 Å². The second kappa shape index (κ2) is 6.90. The molecule has 0 aliphatic heterocycles. The van der Waals surface area contributed by atoms with E-state index in [1.807, 2.05) is 0 Å². The molecule has 0 bridgehead atoms. The van der Waals surface area contributed by atoms with Gasteiger partial charge in [-0.1, -0.05) is 11.6 Å². The number of halogens is 1. The van der Waals surface area contributed by atoms with Crippen LogP contribution in [0.2, 0.25) is 5.02 Å². The first-order valence-corrected chi connectivity index (χ1v) is 6.71. The SMILES string of the molecule is CNC(=O)COc1ccc(C(=O)c2ccc(Cl)cc2)cc1. The first-order chi connectivity index (χ1) is 10.1. The summed E-state index contributed by atoms with van der Waals surface area (Å²) in [5.41, 5.74) is 1.11. The first kappa shape index (κ1) is 15.1. The number of benzene rings is 2. The van der Waals surface area contributed by atoms with E-state index < -0.39 is 0 Å². The maximum atomic E-state index is 12.2. The minimum atomic E-state index is -0.212. The molecule has 4 nitrogen and oxygen atoms in total. The molecule has 0 saturated carbocycles. The number of hydrogen-bond donors (Lipinski definition) is 1. The van der Waals surface area contributed by atoms with E-state index in [-0.39, 0.29) is 18.3 Å². The van der Waals surface area contributed by atoms with Crippen molar-refractivity contribution in [1.29, 1.82) is 0 Å². The van der Waals surface area contributed by atoms with E-state index in [1.165, 1.54) is 0 Å². The second-order valence-corrected chi connectivity index (χ2v) is 4.76. The first-order valence-electron chi connectivity index (χ1n) is 6.34. The van der Waals surface area contributed by atoms with Crippen molar-refractivity contribution in [2.45, 2.75) is 0 Å². The molecule has 2 aromatic carbocycles. The summed E-state index contributed by atoms with van der Waals surface area (Å²) >= 11 is 5.79. The highest BCUT2D eigenvalue weighted by Gasteiger charge is 2.09. The monoisotopic (exact) mass is 303 g/mol. The fourth-order valence-corrected chi connectivity index (χ4v) is 1.82. The van der Waals surface area contributed by atoms with Gasteiger partial charge in [0.2, 0.25) is 0 Å². The lowest BCUT2D eigenvalue weighted by molar-refractivity contribution is -0.122. The predicted molar refractivity (Wildman–Crippen MR) is 80.9 cm³/mol. The Bertz CT molecular complexity index is 636. The molecule has 2 aromatic rings. The Kier molecular flexibility index (Phi) is 4.95. The second-order valence-electron chi connectivity index (χ2n) is 4.32. The van der Waals surface area contributed by atoms with Gasteiger partial charge in [0.25, 0.3) is 5.91 Å². The van der Waals surface area contributed by atoms with E-state index in [0.717, 1.165) is 0 Å². The number of rotatable bonds is 5. The highest BCUT2D eigenvalue weighted by molar-refractivity contribution is 6.30. The number of amides is 1. The summed E-state index contributed by atoms with van der Waals surface area (Å²) in [6.45, 7) is -0.0546. The van der Waals surface area contributed by atoms with E-state index in [0.29, 0.717) is 21.9 Å². The lowest BCUT2D eigenvalue weighted by Crippen LogP contribution is -2.24. The topological polar surface area (TPSA) is 55.4 Å². The summed E-state index contributed by atoms with van der Waals surface area (Å²) in [6.07, 6.45) is 0. The lowest BCUT2D eigenvalue weighted by Gasteiger charge is -2.06. The van der Waals surface area contributed by atoms with Gasteiger partial charge in [-0.15, -0.1) is 0 Å². The van der Waals surface area contributed by atoms with Gasteiger partial charge in [0.05, 0.1) is 0 Å². The van der Waals surface area contributed by atoms with Crippen molar-refractivity contribution in [3.8, 4) is 5.75 Å². The van der Waals surface area contributed by atoms with Gasteiger partial charge in [0.1, 0.15) is 5.75 Å². The molecule has 108 valence electrons. The molecule has 0 fully saturated rings. The molecule has 0 saturated heterocycles. The van der Waals surface area contributed by atoms with Crippen LogP contribution in [0, 0.1) is 0 Å². The van der Waals surface area contributed by atoms with Gasteiger partial charge in [-0.05, 0) is 48.5 Å². The zero-order valence-corrected chi connectivity index (χ0v) is 12.2. The van der Waals surface area contributed by atoms with Gasteiger partial charge in [-0.2, -0.15) is 0 Å². The van der Waals surface area contributed by atoms with Crippen LogP contribution in [0.4, 0.5) is 0 Å². The van der Waals surface area contributed by atoms with E-state index in [1.54, 1.807) is 55.6 Å². The number of ether oxygens (including phenoxy) is 1. The Morgan fingerprint density at radius 2 is 1.52 bits per heavy atom. The summed E-state index contributed by atoms with van der Waals surface area (Å²) in [5, 5.41) is 3.05. The molecule has 0 radical (unpaired) electrons. The van der Waals surface area contributed by atoms with Crippen LogP contribution in [0.1, 0.15) is 15.9 Å². The minimum absolute atomic E-state index is 0.0546. The van der Waals surface area contributed by atoms with Gasteiger partial charge in [-0.3, -0.25) is 9.59 Å². The molecule has 0 aromatic heterocycles. The Hall–Kier alpha value is -2.33. The number of ketones is 1. The summed E-state index contributed by atoms with van der Waals surface area (Å²) in [4.78, 5) is 23.3. The van der Waals surface area contributed by atoms with Gasteiger partial charge < -0.3 is 10.1 Å². The summed E-state index contributed by atoms with van der Waals surface area (Å²) in [5.74, 6) is 0.229. The smallest absolute Gasteiger partial charge is 0.257 e. The zero-order valence-electron chi connectivity index (χ0n) is 11.4. The molecule has 0 aliphatic rings. The third-order valence-corrected chi connectivity index (χ3v) is 3.12. The van der Waals surface area contributed by atoms with Crippen molar-refractivity contribution in [3.63, 3.8) is 0 Å². The number of carbonyl (C=O) groups excluding carboxylic acids is 2. The zero-order chi connectivity index (χ0) is 15.2. The van der Waals surface area contributed by atoms with Crippen LogP contribution in [0.25, 0.3) is 0 Å². The molecule has 0 unspecified atom stereocenters. The lowest BCUT2D eigenvalue weighted by atomic mass is 10.0. The van der Waals surface area contributed by atoms with E-state index in [9.17, 15) is 9.59 Å². The third-order valence-electron chi connectivity index (χ3n) is 2.87. The average Bonchev–Trinajstić information content (AvgIpc) is 2.53. The van der Waals surface area contributed by atoms with Gasteiger partial charge in [-0.25, -0.2) is 0 Å². The van der Waals surface area contributed by atoms with Crippen molar-refractivity contribution in [2.24, 2.45) is 0 Å². The van der Waals surface area contributed by atoms with Crippen LogP contribution in [-0.4, -0.2) is 25.3 Å². The molecule has 0 spiro atoms. The quantitative estimate of drug-likeness (QED) is 0.864. The van der Waals surface area contributed by atoms with Crippen LogP contribution < -0.4 is 10.1 Å². The number of carbonyl (C=O) groups is 2. The Labute approximate surface area is 127 Å². The fraction of sp³-hybridized carbons (Fsp3) is 0.125. The number of hydrogen-bond acceptors (Lipinski definition) is 3. The highest BCUT2D eigenvalue weighted by Crippen LogP contribution is 2.17. The van der Waals surface area contributed by atoms with Crippen LogP contribution in [0.3, 0.4) is 0 Å². The fourth-order valence-electron chi connectivity index (χ4n) is 1.69. The minimum Gasteiger partial charge on any atom is -0.484 e. The Morgan fingerprint density at radius 1 is 1.00 bits per heavy atom. The molecule has 0 heterocycles. The third kappa shape index (κ3) is 4.07. The van der Waals surface area contributed by atoms with Crippen molar-refractivity contribution in [1.82, 2.24) is 5.32 Å². The predicted octanol–water partition coefficient (Wildman–Crippen LogP) is 2.70. The molecule has 1 N–H and O–H groups in total. The molecule has 0 aliphatic carbocycles. The molecule has 0 atom stereocenters. The van der Waals surface area contributed by atoms with E-state index >= 15 is 0 Å². The van der Waals surface area contributed by atoms with Crippen LogP contribution in [0.5, 0.6) is 5.75 Å². The van der Waals surface area contributed by atoms with E-state index in [4.69, 9.17) is 16.3 Å². The summed E-state index contributed by atoms with van der Waals surface area (Å²) in [7, 11) is 1.54. The van der Waals surface area contributed by atoms with Crippen molar-refractivity contribution in [2.75, 3.05) is 13.7 Å². The molecule has 21 heavy (non-hydrogen) atoms. The largest absolute Gasteiger partial charge is 0.484 e. The Morgan fingerprint density at radius 3 is 2.05 bits per heavy atom. The van der Waals surface area contributed by atoms with Crippen LogP contribution in [-0.2, 0) is 4.79 Å². The molecular weight excluding hydrogens is 290 g/mol. The number of likely N-dealkylation sites (N-methyl/N-ethyl adjacent to an activating group) is 1. The van der Waals surface area contributed by atoms with Crippen LogP contribution >= 0.6 is 11.6 Å². The van der Waals surface area contributed by atoms with Crippen LogP contribution in [0.15, 0.2) is 48.5 Å². The normalized spacial score (nSPS) is 10.0. The molecule has 2 rings (SSSR count). The standard InChI is InChI=1S/C16H14ClNO3/c1-18-15(19)10-21-14-8-4-12(5-9-14)16(20)11-2-6-13(17)7-3-11/h2-9H,10H2,1H3,(H,18,19). The van der Waals surface area contributed by atoms with Crippen molar-refractivity contribution < 1.29 is 14.3 Å². The summed E-state index contributed by atoms with van der Waals surface area (Å²) < 4.78 is 5.27. The Balaban J connectivity index is 2.06. The molecule has 1 amide bonds. The maximum absolute atomic E-state index is 12.2. The van der Waals surface area contributed by atoms with Gasteiger partial charge >= 0.3 is 0 Å². The number of nitrogens with one attached hydrogen (secondary N) is 1. The van der Waals surface area contributed by atoms with Gasteiger partial charge in [0, 0.05) is 23.2 Å². The highest BCUT2D eigenvalue weighted by atomic mass is 35.5. The molecular formula is C16H14ClNO3. The van der Waals surface area contributed by atoms with E-state index in [2.05, 4.69) is 5.32 Å². The van der Waals surface area contributed by atoms with Crippen molar-refractivity contribution >= 4 is 23.3 Å². The van der Waals surface area contributed by atoms with Gasteiger partial charge in [0.15, 0.2) is 12.4 Å². The average molecular weight is 304 g/mol. The summed E-state index contributed by atoms with van der Waals surface area (Å²) in [6, 6.07) is 13.4. The molecule has 5 heteroatoms.